The van der Waals surface area contributed by atoms with E-state index in [0.29, 0.717) is 24.3 Å². The Hall–Kier alpha value is -2.63. The summed E-state index contributed by atoms with van der Waals surface area (Å²) in [6.45, 7) is 5.07. The van der Waals surface area contributed by atoms with Gasteiger partial charge in [-0.1, -0.05) is 56.3 Å². The van der Waals surface area contributed by atoms with E-state index in [1.807, 2.05) is 53.1 Å². The minimum absolute atomic E-state index is 0. The molecule has 3 rings (SSSR count). The molecular weight excluding hydrogens is 386 g/mol. The van der Waals surface area contributed by atoms with Crippen LogP contribution in [0.2, 0.25) is 0 Å². The summed E-state index contributed by atoms with van der Waals surface area (Å²) in [5.74, 6) is -0.0164. The van der Waals surface area contributed by atoms with E-state index in [9.17, 15) is 9.59 Å². The van der Waals surface area contributed by atoms with Gasteiger partial charge in [0.25, 0.3) is 5.56 Å². The molecule has 0 aliphatic heterocycles. The molecule has 0 aliphatic carbocycles. The van der Waals surface area contributed by atoms with Gasteiger partial charge in [-0.25, -0.2) is 0 Å². The maximum absolute atomic E-state index is 13.2. The number of fused-ring (bicyclic) bond motifs is 1. The average molecular weight is 414 g/mol. The number of hydrogen-bond acceptors (Lipinski definition) is 3. The summed E-state index contributed by atoms with van der Waals surface area (Å²) in [6.07, 6.45) is 0.826. The van der Waals surface area contributed by atoms with Crippen molar-refractivity contribution in [2.75, 3.05) is 0 Å². The Morgan fingerprint density at radius 1 is 1.07 bits per heavy atom. The lowest BCUT2D eigenvalue weighted by Gasteiger charge is -2.21. The highest BCUT2D eigenvalue weighted by Crippen LogP contribution is 2.31. The van der Waals surface area contributed by atoms with Crippen molar-refractivity contribution in [3.8, 4) is 11.1 Å². The fraction of sp³-hybridized carbons (Fsp3) is 0.304. The molecule has 154 valence electrons. The number of nitrogens with two attached hydrogens (primary N) is 2. The second-order valence-corrected chi connectivity index (χ2v) is 7.55. The highest BCUT2D eigenvalue weighted by atomic mass is 35.5. The van der Waals surface area contributed by atoms with Crippen LogP contribution >= 0.6 is 12.4 Å². The Morgan fingerprint density at radius 2 is 1.76 bits per heavy atom. The Morgan fingerprint density at radius 3 is 2.34 bits per heavy atom. The van der Waals surface area contributed by atoms with Gasteiger partial charge in [0.05, 0.1) is 0 Å². The Kier molecular flexibility index (Phi) is 7.59. The largest absolute Gasteiger partial charge is 0.370 e. The SMILES string of the molecule is CC(C)Cn1c(CN)c(-c2ccccc2)c2cc(CCC(N)=O)ccc2c1=O.Cl. The Bertz CT molecular complexity index is 1060. The molecule has 5 nitrogen and oxygen atoms in total. The zero-order chi connectivity index (χ0) is 20.3. The predicted molar refractivity (Wildman–Crippen MR) is 121 cm³/mol. The van der Waals surface area contributed by atoms with E-state index in [-0.39, 0.29) is 36.8 Å². The monoisotopic (exact) mass is 413 g/mol. The van der Waals surface area contributed by atoms with Crippen LogP contribution in [-0.4, -0.2) is 10.5 Å². The van der Waals surface area contributed by atoms with Crippen LogP contribution in [-0.2, 0) is 24.3 Å². The van der Waals surface area contributed by atoms with Crippen molar-refractivity contribution in [3.63, 3.8) is 0 Å². The fourth-order valence-corrected chi connectivity index (χ4v) is 3.66. The molecule has 0 atom stereocenters. The van der Waals surface area contributed by atoms with Crippen LogP contribution < -0.4 is 17.0 Å². The van der Waals surface area contributed by atoms with Crippen molar-refractivity contribution in [3.05, 3.63) is 70.1 Å². The maximum atomic E-state index is 13.2. The lowest BCUT2D eigenvalue weighted by atomic mass is 9.94. The highest BCUT2D eigenvalue weighted by Gasteiger charge is 2.18. The lowest BCUT2D eigenvalue weighted by molar-refractivity contribution is -0.117. The summed E-state index contributed by atoms with van der Waals surface area (Å²) in [7, 11) is 0. The molecule has 0 bridgehead atoms. The number of rotatable bonds is 7. The van der Waals surface area contributed by atoms with Crippen LogP contribution in [0.3, 0.4) is 0 Å². The predicted octanol–water partition coefficient (Wildman–Crippen LogP) is 3.62. The van der Waals surface area contributed by atoms with Crippen molar-refractivity contribution >= 4 is 29.1 Å². The van der Waals surface area contributed by atoms with Gasteiger partial charge in [-0.2, -0.15) is 0 Å². The van der Waals surface area contributed by atoms with E-state index in [2.05, 4.69) is 13.8 Å². The van der Waals surface area contributed by atoms with Crippen LogP contribution in [0.15, 0.2) is 53.3 Å². The third-order valence-electron chi connectivity index (χ3n) is 4.91. The van der Waals surface area contributed by atoms with Crippen LogP contribution in [0.5, 0.6) is 0 Å². The molecule has 6 heteroatoms. The number of primary amides is 1. The van der Waals surface area contributed by atoms with E-state index in [1.54, 1.807) is 0 Å². The number of aryl methyl sites for hydroxylation is 1. The third kappa shape index (κ3) is 4.86. The first-order valence-electron chi connectivity index (χ1n) is 9.64. The summed E-state index contributed by atoms with van der Waals surface area (Å²) in [5.41, 5.74) is 15.2. The van der Waals surface area contributed by atoms with Crippen molar-refractivity contribution < 1.29 is 4.79 Å². The molecule has 4 N–H and O–H groups in total. The van der Waals surface area contributed by atoms with Gasteiger partial charge in [0.15, 0.2) is 0 Å². The van der Waals surface area contributed by atoms with E-state index in [4.69, 9.17) is 11.5 Å². The normalized spacial score (nSPS) is 10.9. The molecule has 0 radical (unpaired) electrons. The second-order valence-electron chi connectivity index (χ2n) is 7.55. The standard InChI is InChI=1S/C23H27N3O2.ClH/c1-15(2)14-26-20(13-24)22(17-6-4-3-5-7-17)19-12-16(9-11-21(25)27)8-10-18(19)23(26)28;/h3-8,10,12,15H,9,11,13-14,24H2,1-2H3,(H2,25,27);1H. The van der Waals surface area contributed by atoms with Crippen LogP contribution in [0, 0.1) is 5.92 Å². The van der Waals surface area contributed by atoms with Crippen molar-refractivity contribution in [1.82, 2.24) is 4.57 Å². The van der Waals surface area contributed by atoms with Crippen LogP contribution in [0.25, 0.3) is 21.9 Å². The van der Waals surface area contributed by atoms with Gasteiger partial charge in [0, 0.05) is 36.2 Å². The van der Waals surface area contributed by atoms with Gasteiger partial charge >= 0.3 is 0 Å². The topological polar surface area (TPSA) is 91.1 Å². The van der Waals surface area contributed by atoms with Gasteiger partial charge < -0.3 is 16.0 Å². The molecular formula is C23H28ClN3O2. The number of halogens is 1. The van der Waals surface area contributed by atoms with E-state index in [1.165, 1.54) is 0 Å². The fourth-order valence-electron chi connectivity index (χ4n) is 3.66. The molecule has 3 aromatic rings. The third-order valence-corrected chi connectivity index (χ3v) is 4.91. The molecule has 1 aromatic heterocycles. The van der Waals surface area contributed by atoms with Gasteiger partial charge in [0.2, 0.25) is 5.91 Å². The average Bonchev–Trinajstić information content (AvgIpc) is 2.68. The van der Waals surface area contributed by atoms with Crippen molar-refractivity contribution in [2.45, 2.75) is 39.8 Å². The van der Waals surface area contributed by atoms with Crippen molar-refractivity contribution in [2.24, 2.45) is 17.4 Å². The number of nitrogens with zero attached hydrogens (tertiary/aromatic N) is 1. The Balaban J connectivity index is 0.00000300. The van der Waals surface area contributed by atoms with Crippen LogP contribution in [0.1, 0.15) is 31.5 Å². The lowest BCUT2D eigenvalue weighted by Crippen LogP contribution is -2.28. The maximum Gasteiger partial charge on any atom is 0.258 e. The highest BCUT2D eigenvalue weighted by molar-refractivity contribution is 5.97. The summed E-state index contributed by atoms with van der Waals surface area (Å²) in [5, 5.41) is 1.54. The first kappa shape index (κ1) is 22.7. The molecule has 0 fully saturated rings. The first-order chi connectivity index (χ1) is 13.4. The molecule has 2 aromatic carbocycles. The molecule has 0 aliphatic rings. The van der Waals surface area contributed by atoms with Gasteiger partial charge in [-0.3, -0.25) is 9.59 Å². The Labute approximate surface area is 177 Å². The smallest absolute Gasteiger partial charge is 0.258 e. The van der Waals surface area contributed by atoms with E-state index >= 15 is 0 Å². The number of amides is 1. The molecule has 0 unspecified atom stereocenters. The van der Waals surface area contributed by atoms with Crippen molar-refractivity contribution in [1.29, 1.82) is 0 Å². The van der Waals surface area contributed by atoms with E-state index in [0.717, 1.165) is 27.8 Å². The minimum atomic E-state index is -0.335. The summed E-state index contributed by atoms with van der Waals surface area (Å²) in [6, 6.07) is 15.8. The summed E-state index contributed by atoms with van der Waals surface area (Å²) < 4.78 is 1.82. The number of hydrogen-bond donors (Lipinski definition) is 2. The number of benzene rings is 2. The summed E-state index contributed by atoms with van der Waals surface area (Å²) >= 11 is 0. The minimum Gasteiger partial charge on any atom is -0.370 e. The number of carbonyl (C=O) groups is 1. The van der Waals surface area contributed by atoms with E-state index < -0.39 is 0 Å². The van der Waals surface area contributed by atoms with Gasteiger partial charge in [-0.15, -0.1) is 12.4 Å². The quantitative estimate of drug-likeness (QED) is 0.619. The molecule has 1 amide bonds. The zero-order valence-electron chi connectivity index (χ0n) is 16.9. The molecule has 0 spiro atoms. The zero-order valence-corrected chi connectivity index (χ0v) is 17.7. The van der Waals surface area contributed by atoms with Crippen LogP contribution in [0.4, 0.5) is 0 Å². The molecule has 1 heterocycles. The molecule has 29 heavy (non-hydrogen) atoms. The second kappa shape index (κ2) is 9.72. The number of carbonyl (C=O) groups excluding carboxylic acids is 1. The first-order valence-corrected chi connectivity index (χ1v) is 9.64. The van der Waals surface area contributed by atoms with Gasteiger partial charge in [-0.05, 0) is 34.9 Å². The molecule has 0 saturated carbocycles. The molecule has 0 saturated heterocycles. The number of pyridine rings is 1. The number of aromatic nitrogens is 1. The summed E-state index contributed by atoms with van der Waals surface area (Å²) in [4.78, 5) is 24.4. The van der Waals surface area contributed by atoms with Gasteiger partial charge in [0.1, 0.15) is 0 Å².